The number of rotatable bonds is 8. The monoisotopic (exact) mass is 497 g/mol. The molecule has 2 N–H and O–H groups in total. The van der Waals surface area contributed by atoms with Gasteiger partial charge in [-0.1, -0.05) is 30.3 Å². The van der Waals surface area contributed by atoms with E-state index in [4.69, 9.17) is 14.6 Å². The number of aliphatic hydroxyl groups excluding tert-OH is 2. The average molecular weight is 498 g/mol. The van der Waals surface area contributed by atoms with Crippen LogP contribution >= 0.6 is 0 Å². The van der Waals surface area contributed by atoms with Gasteiger partial charge in [-0.15, -0.1) is 0 Å². The van der Waals surface area contributed by atoms with E-state index in [2.05, 4.69) is 0 Å². The normalized spacial score (nSPS) is 25.0. The molecule has 2 heterocycles. The fraction of sp³-hybridized carbons (Fsp3) is 0.500. The molecule has 2 saturated heterocycles. The van der Waals surface area contributed by atoms with Crippen LogP contribution in [0.15, 0.2) is 42.5 Å². The zero-order chi connectivity index (χ0) is 24.5. The van der Waals surface area contributed by atoms with Gasteiger partial charge in [-0.25, -0.2) is 17.2 Å². The first kappa shape index (κ1) is 25.2. The molecule has 0 bridgehead atoms. The van der Waals surface area contributed by atoms with E-state index in [1.165, 1.54) is 4.31 Å². The summed E-state index contributed by atoms with van der Waals surface area (Å²) >= 11 is 0. The summed E-state index contributed by atoms with van der Waals surface area (Å²) in [5, 5.41) is 17.8. The first-order valence-electron chi connectivity index (χ1n) is 11.2. The summed E-state index contributed by atoms with van der Waals surface area (Å²) in [6.07, 6.45) is -0.102. The maximum Gasteiger partial charge on any atom is 0.221 e. The van der Waals surface area contributed by atoms with Gasteiger partial charge in [0.2, 0.25) is 10.0 Å². The van der Waals surface area contributed by atoms with Crippen molar-refractivity contribution in [3.8, 4) is 0 Å². The minimum Gasteiger partial charge on any atom is -0.394 e. The van der Waals surface area contributed by atoms with Gasteiger partial charge in [-0.2, -0.15) is 4.31 Å². The molecule has 34 heavy (non-hydrogen) atoms. The van der Waals surface area contributed by atoms with Gasteiger partial charge < -0.3 is 19.7 Å². The van der Waals surface area contributed by atoms with Crippen molar-refractivity contribution in [3.05, 3.63) is 70.8 Å². The highest BCUT2D eigenvalue weighted by atomic mass is 32.2. The molecular weight excluding hydrogens is 468 g/mol. The second kappa shape index (κ2) is 9.96. The summed E-state index contributed by atoms with van der Waals surface area (Å²) in [6, 6.07) is 10.6. The van der Waals surface area contributed by atoms with Gasteiger partial charge in [0.05, 0.1) is 26.4 Å². The molecule has 0 amide bonds. The molecule has 4 rings (SSSR count). The van der Waals surface area contributed by atoms with Crippen molar-refractivity contribution < 1.29 is 36.9 Å². The van der Waals surface area contributed by atoms with Crippen molar-refractivity contribution in [2.75, 3.05) is 26.4 Å². The third-order valence-electron chi connectivity index (χ3n) is 6.58. The molecule has 186 valence electrons. The predicted molar refractivity (Wildman–Crippen MR) is 120 cm³/mol. The first-order valence-corrected chi connectivity index (χ1v) is 12.7. The van der Waals surface area contributed by atoms with E-state index in [1.54, 1.807) is 31.2 Å². The van der Waals surface area contributed by atoms with Crippen molar-refractivity contribution in [3.63, 3.8) is 0 Å². The Morgan fingerprint density at radius 1 is 1.18 bits per heavy atom. The molecule has 10 heteroatoms. The Balaban J connectivity index is 1.60. The van der Waals surface area contributed by atoms with Gasteiger partial charge in [0, 0.05) is 23.7 Å². The number of aliphatic hydroxyl groups is 2. The molecule has 2 aromatic rings. The van der Waals surface area contributed by atoms with E-state index in [0.29, 0.717) is 18.4 Å². The van der Waals surface area contributed by atoms with Gasteiger partial charge >= 0.3 is 0 Å². The summed E-state index contributed by atoms with van der Waals surface area (Å²) in [7, 11) is -3.80. The minimum atomic E-state index is -3.80. The molecular formula is C24H29F2NO6S. The third-order valence-corrected chi connectivity index (χ3v) is 8.95. The molecule has 0 spiro atoms. The lowest BCUT2D eigenvalue weighted by molar-refractivity contribution is -0.228. The van der Waals surface area contributed by atoms with Crippen LogP contribution in [0.2, 0.25) is 0 Å². The zero-order valence-electron chi connectivity index (χ0n) is 18.9. The standard InChI is InChI=1S/C24H29F2NO6S/c1-16-7-8-23(17-5-3-2-4-6-17)34(30,31)27(16)11-18-9-22(26)20(10-21(18)25)24(14-32-15-24)33-13-19(29)12-28/h2-6,9-10,16,19,23,28-29H,7-8,11-15H2,1H3/t16-,19?,23+/m0/s1. The molecule has 0 radical (unpaired) electrons. The number of ether oxygens (including phenoxy) is 2. The summed E-state index contributed by atoms with van der Waals surface area (Å²) in [6.45, 7) is 0.617. The number of sulfonamides is 1. The van der Waals surface area contributed by atoms with Gasteiger partial charge in [0.25, 0.3) is 0 Å². The molecule has 2 aromatic carbocycles. The van der Waals surface area contributed by atoms with Crippen LogP contribution in [0.3, 0.4) is 0 Å². The van der Waals surface area contributed by atoms with Crippen molar-refractivity contribution in [2.24, 2.45) is 0 Å². The molecule has 0 aliphatic carbocycles. The summed E-state index contributed by atoms with van der Waals surface area (Å²) in [5.74, 6) is -1.50. The highest BCUT2D eigenvalue weighted by molar-refractivity contribution is 7.89. The molecule has 7 nitrogen and oxygen atoms in total. The lowest BCUT2D eigenvalue weighted by atomic mass is 9.90. The maximum atomic E-state index is 15.2. The van der Waals surface area contributed by atoms with Crippen LogP contribution < -0.4 is 0 Å². The number of nitrogens with zero attached hydrogens (tertiary/aromatic N) is 1. The Kier molecular flexibility index (Phi) is 7.37. The lowest BCUT2D eigenvalue weighted by Gasteiger charge is -2.42. The number of hydrogen-bond donors (Lipinski definition) is 2. The summed E-state index contributed by atoms with van der Waals surface area (Å²) < 4.78 is 69.1. The fourth-order valence-corrected chi connectivity index (χ4v) is 6.68. The lowest BCUT2D eigenvalue weighted by Crippen LogP contribution is -2.51. The molecule has 0 aromatic heterocycles. The smallest absolute Gasteiger partial charge is 0.221 e. The van der Waals surface area contributed by atoms with Crippen LogP contribution in [-0.4, -0.2) is 61.5 Å². The van der Waals surface area contributed by atoms with Crippen molar-refractivity contribution >= 4 is 10.0 Å². The van der Waals surface area contributed by atoms with E-state index in [1.807, 2.05) is 6.07 Å². The maximum absolute atomic E-state index is 15.2. The van der Waals surface area contributed by atoms with Crippen molar-refractivity contribution in [2.45, 2.75) is 49.3 Å². The fourth-order valence-electron chi connectivity index (χ4n) is 4.49. The first-order chi connectivity index (χ1) is 16.2. The van der Waals surface area contributed by atoms with Gasteiger partial charge in [0.1, 0.15) is 28.6 Å². The topological polar surface area (TPSA) is 96.3 Å². The van der Waals surface area contributed by atoms with Gasteiger partial charge in [0.15, 0.2) is 0 Å². The van der Waals surface area contributed by atoms with Crippen LogP contribution in [0.1, 0.15) is 41.7 Å². The van der Waals surface area contributed by atoms with E-state index in [-0.39, 0.29) is 43.5 Å². The average Bonchev–Trinajstić information content (AvgIpc) is 2.78. The van der Waals surface area contributed by atoms with Crippen LogP contribution in [0, 0.1) is 11.6 Å². The second-order valence-electron chi connectivity index (χ2n) is 8.97. The molecule has 3 atom stereocenters. The van der Waals surface area contributed by atoms with Crippen LogP contribution in [0.25, 0.3) is 0 Å². The molecule has 2 fully saturated rings. The van der Waals surface area contributed by atoms with E-state index < -0.39 is 45.2 Å². The molecule has 2 aliphatic heterocycles. The van der Waals surface area contributed by atoms with E-state index in [9.17, 15) is 13.5 Å². The SMILES string of the molecule is C[C@H]1CC[C@H](c2ccccc2)S(=O)(=O)N1Cc1cc(F)c(C2(OCC(O)CO)COC2)cc1F. The molecule has 2 aliphatic rings. The van der Waals surface area contributed by atoms with Gasteiger partial charge in [-0.3, -0.25) is 0 Å². The number of benzene rings is 2. The quantitative estimate of drug-likeness (QED) is 0.582. The molecule has 1 unspecified atom stereocenters. The predicted octanol–water partition coefficient (Wildman–Crippen LogP) is 2.62. The minimum absolute atomic E-state index is 0.0306. The van der Waals surface area contributed by atoms with Gasteiger partial charge in [-0.05, 0) is 37.5 Å². The Labute approximate surface area is 198 Å². The van der Waals surface area contributed by atoms with Crippen molar-refractivity contribution in [1.29, 1.82) is 0 Å². The van der Waals surface area contributed by atoms with Crippen molar-refractivity contribution in [1.82, 2.24) is 4.31 Å². The summed E-state index contributed by atoms with van der Waals surface area (Å²) in [5.41, 5.74) is -0.740. The van der Waals surface area contributed by atoms with Crippen LogP contribution in [0.5, 0.6) is 0 Å². The molecule has 0 saturated carbocycles. The Morgan fingerprint density at radius 2 is 1.88 bits per heavy atom. The second-order valence-corrected chi connectivity index (χ2v) is 11.0. The zero-order valence-corrected chi connectivity index (χ0v) is 19.7. The number of hydrogen-bond acceptors (Lipinski definition) is 6. The highest BCUT2D eigenvalue weighted by Crippen LogP contribution is 2.40. The van der Waals surface area contributed by atoms with Crippen LogP contribution in [0.4, 0.5) is 8.78 Å². The van der Waals surface area contributed by atoms with E-state index in [0.717, 1.165) is 12.1 Å². The number of halogens is 2. The third kappa shape index (κ3) is 4.75. The largest absolute Gasteiger partial charge is 0.394 e. The highest BCUT2D eigenvalue weighted by Gasteiger charge is 2.45. The Bertz CT molecular complexity index is 1110. The van der Waals surface area contributed by atoms with E-state index >= 15 is 8.78 Å². The summed E-state index contributed by atoms with van der Waals surface area (Å²) in [4.78, 5) is 0. The van der Waals surface area contributed by atoms with Crippen LogP contribution in [-0.2, 0) is 31.6 Å². The Morgan fingerprint density at radius 3 is 2.50 bits per heavy atom. The Hall–Kier alpha value is -1.95.